The smallest absolute Gasteiger partial charge is 0.220 e. The Morgan fingerprint density at radius 3 is 1.20 bits per heavy atom. The minimum absolute atomic E-state index is 0.244. The van der Waals surface area contributed by atoms with E-state index in [2.05, 4.69) is 55.6 Å². The summed E-state index contributed by atoms with van der Waals surface area (Å²) in [5.74, 6) is -0.244. The van der Waals surface area contributed by atoms with Crippen LogP contribution in [-0.2, 0) is 23.7 Å². The van der Waals surface area contributed by atoms with Gasteiger partial charge in [-0.25, -0.2) is 0 Å². The van der Waals surface area contributed by atoms with Crippen LogP contribution in [0.15, 0.2) is 48.6 Å². The van der Waals surface area contributed by atoms with Crippen molar-refractivity contribution in [3.63, 3.8) is 0 Å². The van der Waals surface area contributed by atoms with Gasteiger partial charge in [-0.3, -0.25) is 4.79 Å². The van der Waals surface area contributed by atoms with Crippen molar-refractivity contribution < 1.29 is 64.6 Å². The molecule has 0 aromatic carbocycles. The number of aliphatic hydroxyl groups is 8. The topological polar surface area (TPSA) is 228 Å². The zero-order valence-electron chi connectivity index (χ0n) is 55.5. The average molecular weight is 1230 g/mol. The fourth-order valence-corrected chi connectivity index (χ4v) is 11.9. The van der Waals surface area contributed by atoms with E-state index in [1.54, 1.807) is 6.08 Å². The number of allylic oxidation sites excluding steroid dienone is 7. The summed E-state index contributed by atoms with van der Waals surface area (Å²) in [4.78, 5) is 13.3. The number of carbonyl (C=O) groups excluding carboxylic acids is 1. The molecule has 0 aliphatic carbocycles. The first-order valence-corrected chi connectivity index (χ1v) is 36.4. The van der Waals surface area contributed by atoms with Gasteiger partial charge < -0.3 is 65.1 Å². The summed E-state index contributed by atoms with van der Waals surface area (Å²) < 4.78 is 22.8. The van der Waals surface area contributed by atoms with E-state index >= 15 is 0 Å². The third-order valence-corrected chi connectivity index (χ3v) is 17.7. The Labute approximate surface area is 531 Å². The molecular weight excluding hydrogens is 1100 g/mol. The maximum absolute atomic E-state index is 13.3. The van der Waals surface area contributed by atoms with Crippen molar-refractivity contribution in [3.8, 4) is 0 Å². The molecule has 0 aromatic heterocycles. The molecule has 0 bridgehead atoms. The summed E-state index contributed by atoms with van der Waals surface area (Å²) in [7, 11) is 0. The molecule has 1 amide bonds. The van der Waals surface area contributed by atoms with Gasteiger partial charge in [0.15, 0.2) is 12.6 Å². The molecule has 0 saturated carbocycles. The Kier molecular flexibility index (Phi) is 53.9. The Morgan fingerprint density at radius 2 is 0.770 bits per heavy atom. The Hall–Kier alpha value is -2.05. The van der Waals surface area contributed by atoms with Crippen LogP contribution in [0.25, 0.3) is 0 Å². The van der Waals surface area contributed by atoms with E-state index in [0.29, 0.717) is 12.8 Å². The second-order valence-electron chi connectivity index (χ2n) is 25.7. The summed E-state index contributed by atoms with van der Waals surface area (Å²) in [5, 5.41) is 87.4. The lowest BCUT2D eigenvalue weighted by molar-refractivity contribution is -0.359. The molecule has 2 aliphatic heterocycles. The number of ether oxygens (including phenoxy) is 4. The van der Waals surface area contributed by atoms with Gasteiger partial charge >= 0.3 is 0 Å². The van der Waals surface area contributed by atoms with Gasteiger partial charge in [0.1, 0.15) is 48.8 Å². The molecule has 2 heterocycles. The van der Waals surface area contributed by atoms with Gasteiger partial charge in [0.2, 0.25) is 5.91 Å². The first kappa shape index (κ1) is 81.0. The van der Waals surface area contributed by atoms with Crippen LogP contribution in [-0.4, -0.2) is 140 Å². The molecule has 0 radical (unpaired) electrons. The van der Waals surface area contributed by atoms with Crippen LogP contribution in [0.1, 0.15) is 316 Å². The zero-order chi connectivity index (χ0) is 63.1. The van der Waals surface area contributed by atoms with Crippen LogP contribution >= 0.6 is 0 Å². The van der Waals surface area contributed by atoms with Crippen LogP contribution in [0.3, 0.4) is 0 Å². The molecule has 0 spiro atoms. The molecule has 2 rings (SSSR count). The molecule has 12 atom stereocenters. The largest absolute Gasteiger partial charge is 0.394 e. The summed E-state index contributed by atoms with van der Waals surface area (Å²) >= 11 is 0. The summed E-state index contributed by atoms with van der Waals surface area (Å²) in [6, 6.07) is -0.931. The molecule has 9 N–H and O–H groups in total. The molecular formula is C73H135NO13. The van der Waals surface area contributed by atoms with Crippen molar-refractivity contribution in [1.29, 1.82) is 0 Å². The lowest BCUT2D eigenvalue weighted by Gasteiger charge is -2.46. The molecule has 2 saturated heterocycles. The predicted molar refractivity (Wildman–Crippen MR) is 355 cm³/mol. The minimum atomic E-state index is -1.79. The van der Waals surface area contributed by atoms with Crippen LogP contribution in [0, 0.1) is 0 Å². The highest BCUT2D eigenvalue weighted by atomic mass is 16.7. The van der Waals surface area contributed by atoms with Crippen LogP contribution in [0.2, 0.25) is 0 Å². The highest BCUT2D eigenvalue weighted by Crippen LogP contribution is 2.30. The van der Waals surface area contributed by atoms with Gasteiger partial charge in [-0.1, -0.05) is 294 Å². The molecule has 2 aliphatic rings. The van der Waals surface area contributed by atoms with Gasteiger partial charge in [0.05, 0.1) is 32.0 Å². The fraction of sp³-hybridized carbons (Fsp3) is 0.877. The van der Waals surface area contributed by atoms with Gasteiger partial charge in [-0.05, 0) is 64.2 Å². The van der Waals surface area contributed by atoms with Gasteiger partial charge in [0.25, 0.3) is 0 Å². The number of nitrogens with one attached hydrogen (secondary N) is 1. The molecule has 2 fully saturated rings. The van der Waals surface area contributed by atoms with Gasteiger partial charge in [-0.2, -0.15) is 0 Å². The number of hydrogen-bond donors (Lipinski definition) is 9. The maximum atomic E-state index is 13.3. The molecule has 12 unspecified atom stereocenters. The number of carbonyl (C=O) groups is 1. The summed E-state index contributed by atoms with van der Waals surface area (Å²) in [6.45, 7) is 2.81. The number of unbranched alkanes of at least 4 members (excludes halogenated alkanes) is 41. The van der Waals surface area contributed by atoms with E-state index in [9.17, 15) is 45.6 Å². The number of aliphatic hydroxyl groups excluding tert-OH is 8. The fourth-order valence-electron chi connectivity index (χ4n) is 11.9. The van der Waals surface area contributed by atoms with E-state index in [-0.39, 0.29) is 18.9 Å². The van der Waals surface area contributed by atoms with Crippen LogP contribution < -0.4 is 5.32 Å². The van der Waals surface area contributed by atoms with E-state index in [1.807, 2.05) is 6.08 Å². The second kappa shape index (κ2) is 57.8. The van der Waals surface area contributed by atoms with Gasteiger partial charge in [0, 0.05) is 6.42 Å². The normalized spacial score (nSPS) is 23.5. The minimum Gasteiger partial charge on any atom is -0.394 e. The highest BCUT2D eigenvalue weighted by Gasteiger charge is 2.51. The van der Waals surface area contributed by atoms with Gasteiger partial charge in [-0.15, -0.1) is 0 Å². The lowest BCUT2D eigenvalue weighted by atomic mass is 9.97. The average Bonchev–Trinajstić information content (AvgIpc) is 3.71. The van der Waals surface area contributed by atoms with Crippen molar-refractivity contribution in [2.24, 2.45) is 0 Å². The molecule has 0 aromatic rings. The Bertz CT molecular complexity index is 1640. The standard InChI is InChI=1S/C73H135NO13/c1-3-5-7-9-11-13-15-17-19-21-23-24-25-26-27-28-29-30-31-32-33-34-35-36-37-38-39-41-43-45-47-49-51-53-55-57-65(78)74-61(62(77)56-54-52-50-48-46-44-42-40-22-20-18-16-14-12-10-8-6-4-2)60-84-72-70(83)68(81)71(64(59-76)86-72)87-73-69(82)67(80)66(79)63(58-75)85-73/h15,17,21,23,46,48,54,56,61-64,66-73,75-77,79-83H,3-14,16,18-20,22,24-45,47,49-53,55,57-60H2,1-2H3,(H,74,78)/b17-15-,23-21-,48-46+,56-54+. The zero-order valence-corrected chi connectivity index (χ0v) is 55.5. The van der Waals surface area contributed by atoms with Crippen LogP contribution in [0.5, 0.6) is 0 Å². The summed E-state index contributed by atoms with van der Waals surface area (Å²) in [6.07, 6.45) is 59.0. The van der Waals surface area contributed by atoms with Crippen molar-refractivity contribution in [1.82, 2.24) is 5.32 Å². The number of hydrogen-bond acceptors (Lipinski definition) is 13. The third-order valence-electron chi connectivity index (χ3n) is 17.7. The van der Waals surface area contributed by atoms with Crippen molar-refractivity contribution >= 4 is 5.91 Å². The molecule has 14 heteroatoms. The van der Waals surface area contributed by atoms with Crippen molar-refractivity contribution in [2.45, 2.75) is 389 Å². The SMILES string of the molecule is CCCCCCC/C=C\C/C=C\CCCCCCCCCCCCCCCCCCCCCCCCCC(=O)NC(COC1OC(CO)C(OC2OC(CO)C(O)C(O)C2O)C(O)C1O)C(O)/C=C/CC/C=C/CCCCCCCCCCCCCC. The molecule has 14 nitrogen and oxygen atoms in total. The van der Waals surface area contributed by atoms with Crippen molar-refractivity contribution in [2.75, 3.05) is 19.8 Å². The van der Waals surface area contributed by atoms with E-state index in [4.69, 9.17) is 18.9 Å². The lowest BCUT2D eigenvalue weighted by Crippen LogP contribution is -2.65. The van der Waals surface area contributed by atoms with Crippen molar-refractivity contribution in [3.05, 3.63) is 48.6 Å². The van der Waals surface area contributed by atoms with Crippen LogP contribution in [0.4, 0.5) is 0 Å². The first-order valence-electron chi connectivity index (χ1n) is 36.4. The molecule has 510 valence electrons. The van der Waals surface area contributed by atoms with E-state index in [0.717, 1.165) is 38.5 Å². The monoisotopic (exact) mass is 1230 g/mol. The number of rotatable bonds is 60. The Balaban J connectivity index is 1.62. The second-order valence-corrected chi connectivity index (χ2v) is 25.7. The Morgan fingerprint density at radius 1 is 0.414 bits per heavy atom. The highest BCUT2D eigenvalue weighted by molar-refractivity contribution is 5.76. The number of amides is 1. The quantitative estimate of drug-likeness (QED) is 0.0204. The van der Waals surface area contributed by atoms with E-state index in [1.165, 1.54) is 244 Å². The van der Waals surface area contributed by atoms with E-state index < -0.39 is 86.8 Å². The first-order chi connectivity index (χ1) is 42.6. The predicted octanol–water partition coefficient (Wildman–Crippen LogP) is 15.1. The summed E-state index contributed by atoms with van der Waals surface area (Å²) in [5.41, 5.74) is 0. The third kappa shape index (κ3) is 41.9. The maximum Gasteiger partial charge on any atom is 0.220 e. The molecule has 87 heavy (non-hydrogen) atoms.